The summed E-state index contributed by atoms with van der Waals surface area (Å²) in [6.07, 6.45) is 1.30. The lowest BCUT2D eigenvalue weighted by Gasteiger charge is -2.00. The molecule has 0 saturated carbocycles. The Labute approximate surface area is 89.6 Å². The number of ether oxygens (including phenoxy) is 1. The lowest BCUT2D eigenvalue weighted by molar-refractivity contribution is 0.194. The molecule has 1 amide bonds. The van der Waals surface area contributed by atoms with Gasteiger partial charge in [-0.25, -0.2) is 4.79 Å². The van der Waals surface area contributed by atoms with Crippen molar-refractivity contribution in [2.24, 2.45) is 0 Å². The fourth-order valence-corrected chi connectivity index (χ4v) is 1.64. The Balaban J connectivity index is 2.50. The van der Waals surface area contributed by atoms with E-state index in [-0.39, 0.29) is 0 Å². The van der Waals surface area contributed by atoms with Crippen LogP contribution in [-0.4, -0.2) is 29.8 Å². The summed E-state index contributed by atoms with van der Waals surface area (Å²) in [4.78, 5) is 13.2. The van der Waals surface area contributed by atoms with Gasteiger partial charge in [0.15, 0.2) is 5.75 Å². The molecule has 0 saturated heterocycles. The highest BCUT2D eigenvalue weighted by Crippen LogP contribution is 2.28. The molecule has 0 atom stereocenters. The molecule has 0 spiro atoms. The van der Waals surface area contributed by atoms with Gasteiger partial charge in [-0.15, -0.1) is 0 Å². The number of aromatic nitrogens is 1. The molecule has 0 bridgehead atoms. The minimum atomic E-state index is -1.01. The van der Waals surface area contributed by atoms with Crippen molar-refractivity contribution in [2.45, 2.75) is 6.42 Å². The van der Waals surface area contributed by atoms with Crippen LogP contribution >= 0.6 is 15.9 Å². The van der Waals surface area contributed by atoms with Crippen LogP contribution in [0.1, 0.15) is 5.69 Å². The van der Waals surface area contributed by atoms with E-state index in [1.807, 2.05) is 0 Å². The van der Waals surface area contributed by atoms with Crippen LogP contribution in [0.3, 0.4) is 0 Å². The van der Waals surface area contributed by atoms with Crippen LogP contribution in [0.5, 0.6) is 5.75 Å². The fraction of sp³-hybridized carbons (Fsp3) is 0.375. The average molecular weight is 263 g/mol. The van der Waals surface area contributed by atoms with E-state index in [1.165, 1.54) is 0 Å². The number of halogens is 1. The van der Waals surface area contributed by atoms with Gasteiger partial charge < -0.3 is 20.1 Å². The number of carbonyl (C=O) groups is 1. The van der Waals surface area contributed by atoms with Gasteiger partial charge in [0.1, 0.15) is 0 Å². The van der Waals surface area contributed by atoms with Gasteiger partial charge in [0, 0.05) is 24.9 Å². The summed E-state index contributed by atoms with van der Waals surface area (Å²) in [5.41, 5.74) is 0.913. The smallest absolute Gasteiger partial charge is 0.404 e. The molecule has 5 nitrogen and oxygen atoms in total. The first-order valence-electron chi connectivity index (χ1n) is 4.01. The second-order valence-electron chi connectivity index (χ2n) is 2.63. The maximum atomic E-state index is 10.2. The van der Waals surface area contributed by atoms with Crippen LogP contribution in [0, 0.1) is 0 Å². The summed E-state index contributed by atoms with van der Waals surface area (Å²) >= 11 is 3.35. The van der Waals surface area contributed by atoms with E-state index in [1.54, 1.807) is 13.3 Å². The second-order valence-corrected chi connectivity index (χ2v) is 3.42. The second kappa shape index (κ2) is 4.90. The van der Waals surface area contributed by atoms with E-state index in [2.05, 4.69) is 26.2 Å². The maximum Gasteiger partial charge on any atom is 0.404 e. The lowest BCUT2D eigenvalue weighted by atomic mass is 10.3. The zero-order chi connectivity index (χ0) is 10.6. The Morgan fingerprint density at radius 3 is 3.00 bits per heavy atom. The van der Waals surface area contributed by atoms with Crippen molar-refractivity contribution in [1.82, 2.24) is 10.3 Å². The normalized spacial score (nSPS) is 9.86. The first-order chi connectivity index (χ1) is 6.65. The molecule has 78 valence electrons. The monoisotopic (exact) mass is 262 g/mol. The van der Waals surface area contributed by atoms with Gasteiger partial charge in [-0.3, -0.25) is 0 Å². The van der Waals surface area contributed by atoms with Crippen LogP contribution in [0.15, 0.2) is 10.7 Å². The molecule has 6 heteroatoms. The minimum absolute atomic E-state index is 0.373. The maximum absolute atomic E-state index is 10.2. The third kappa shape index (κ3) is 2.66. The molecule has 14 heavy (non-hydrogen) atoms. The molecular formula is C8H11BrN2O3. The number of nitrogens with one attached hydrogen (secondary N) is 2. The van der Waals surface area contributed by atoms with E-state index >= 15 is 0 Å². The lowest BCUT2D eigenvalue weighted by Crippen LogP contribution is -2.23. The largest absolute Gasteiger partial charge is 0.494 e. The molecule has 0 unspecified atom stereocenters. The highest BCUT2D eigenvalue weighted by molar-refractivity contribution is 9.10. The Hall–Kier alpha value is -1.17. The molecule has 0 aromatic carbocycles. The van der Waals surface area contributed by atoms with Gasteiger partial charge in [-0.1, -0.05) is 0 Å². The third-order valence-electron chi connectivity index (χ3n) is 1.73. The molecule has 0 aliphatic carbocycles. The first kappa shape index (κ1) is 10.9. The van der Waals surface area contributed by atoms with E-state index in [0.717, 1.165) is 15.9 Å². The first-order valence-corrected chi connectivity index (χ1v) is 4.81. The van der Waals surface area contributed by atoms with Gasteiger partial charge in [-0.05, 0) is 15.9 Å². The van der Waals surface area contributed by atoms with Gasteiger partial charge in [0.25, 0.3) is 0 Å². The molecule has 1 aromatic heterocycles. The number of aromatic amines is 1. The van der Waals surface area contributed by atoms with Crippen molar-refractivity contribution in [3.63, 3.8) is 0 Å². The number of carboxylic acid groups (broad SMARTS) is 1. The van der Waals surface area contributed by atoms with E-state index in [9.17, 15) is 4.79 Å². The number of hydrogen-bond acceptors (Lipinski definition) is 2. The van der Waals surface area contributed by atoms with Crippen LogP contribution in [-0.2, 0) is 6.42 Å². The predicted octanol–water partition coefficient (Wildman–Crippen LogP) is 1.60. The summed E-state index contributed by atoms with van der Waals surface area (Å²) < 4.78 is 5.88. The quantitative estimate of drug-likeness (QED) is 0.772. The van der Waals surface area contributed by atoms with Crippen molar-refractivity contribution in [3.8, 4) is 5.75 Å². The van der Waals surface area contributed by atoms with Crippen LogP contribution < -0.4 is 10.1 Å². The molecule has 3 N–H and O–H groups in total. The topological polar surface area (TPSA) is 74.3 Å². The minimum Gasteiger partial charge on any atom is -0.494 e. The van der Waals surface area contributed by atoms with Crippen molar-refractivity contribution >= 4 is 22.0 Å². The van der Waals surface area contributed by atoms with E-state index in [4.69, 9.17) is 9.84 Å². The highest BCUT2D eigenvalue weighted by Gasteiger charge is 2.08. The highest BCUT2D eigenvalue weighted by atomic mass is 79.9. The van der Waals surface area contributed by atoms with Gasteiger partial charge >= 0.3 is 6.09 Å². The standard InChI is InChI=1S/C8H11BrN2O3/c1-14-6-4-11-5(7(6)9)2-3-10-8(12)13/h4,10-11H,2-3H2,1H3,(H,12,13). The number of amides is 1. The van der Waals surface area contributed by atoms with E-state index in [0.29, 0.717) is 13.0 Å². The Kier molecular flexibility index (Phi) is 3.82. The summed E-state index contributed by atoms with van der Waals surface area (Å²) in [5, 5.41) is 10.6. The van der Waals surface area contributed by atoms with Crippen molar-refractivity contribution in [1.29, 1.82) is 0 Å². The Morgan fingerprint density at radius 2 is 2.50 bits per heavy atom. The van der Waals surface area contributed by atoms with Crippen molar-refractivity contribution in [2.75, 3.05) is 13.7 Å². The molecular weight excluding hydrogens is 252 g/mol. The molecule has 0 fully saturated rings. The van der Waals surface area contributed by atoms with Gasteiger partial charge in [0.05, 0.1) is 11.6 Å². The van der Waals surface area contributed by atoms with Crippen LogP contribution in [0.4, 0.5) is 4.79 Å². The number of methoxy groups -OCH3 is 1. The Bertz CT molecular complexity index is 324. The summed E-state index contributed by atoms with van der Waals surface area (Å²) in [6, 6.07) is 0. The Morgan fingerprint density at radius 1 is 1.79 bits per heavy atom. The predicted molar refractivity (Wildman–Crippen MR) is 54.8 cm³/mol. The molecule has 0 aliphatic heterocycles. The summed E-state index contributed by atoms with van der Waals surface area (Å²) in [5.74, 6) is 0.718. The van der Waals surface area contributed by atoms with Gasteiger partial charge in [0.2, 0.25) is 0 Å². The summed E-state index contributed by atoms with van der Waals surface area (Å²) in [6.45, 7) is 0.373. The van der Waals surface area contributed by atoms with Gasteiger partial charge in [-0.2, -0.15) is 0 Å². The third-order valence-corrected chi connectivity index (χ3v) is 2.60. The fourth-order valence-electron chi connectivity index (χ4n) is 1.05. The van der Waals surface area contributed by atoms with E-state index < -0.39 is 6.09 Å². The number of rotatable bonds is 4. The average Bonchev–Trinajstić information content (AvgIpc) is 2.47. The SMILES string of the molecule is COc1c[nH]c(CCNC(=O)O)c1Br. The number of H-pyrrole nitrogens is 1. The molecule has 1 rings (SSSR count). The number of hydrogen-bond donors (Lipinski definition) is 3. The molecule has 1 heterocycles. The molecule has 1 aromatic rings. The summed E-state index contributed by atoms with van der Waals surface area (Å²) in [7, 11) is 1.58. The van der Waals surface area contributed by atoms with Crippen molar-refractivity contribution < 1.29 is 14.6 Å². The van der Waals surface area contributed by atoms with Crippen molar-refractivity contribution in [3.05, 3.63) is 16.4 Å². The molecule has 0 radical (unpaired) electrons. The van der Waals surface area contributed by atoms with Crippen LogP contribution in [0.2, 0.25) is 0 Å². The zero-order valence-electron chi connectivity index (χ0n) is 7.63. The zero-order valence-corrected chi connectivity index (χ0v) is 9.22. The van der Waals surface area contributed by atoms with Crippen LogP contribution in [0.25, 0.3) is 0 Å². The molecule has 0 aliphatic rings.